The van der Waals surface area contributed by atoms with Gasteiger partial charge in [-0.3, -0.25) is 0 Å². The van der Waals surface area contributed by atoms with E-state index in [0.717, 1.165) is 0 Å². The average molecular weight is 171 g/mol. The molecule has 0 aliphatic carbocycles. The summed E-state index contributed by atoms with van der Waals surface area (Å²) in [4.78, 5) is 0.463. The van der Waals surface area contributed by atoms with E-state index >= 15 is 0 Å². The van der Waals surface area contributed by atoms with Gasteiger partial charge in [-0.1, -0.05) is 6.92 Å². The van der Waals surface area contributed by atoms with Crippen LogP contribution in [0.1, 0.15) is 16.6 Å². The molecule has 0 unspecified atom stereocenters. The van der Waals surface area contributed by atoms with Gasteiger partial charge in [-0.05, 0) is 36.4 Å². The van der Waals surface area contributed by atoms with Gasteiger partial charge < -0.3 is 5.11 Å². The molecule has 1 rings (SSSR count). The highest BCUT2D eigenvalue weighted by Gasteiger charge is 1.98. The highest BCUT2D eigenvalue weighted by Crippen LogP contribution is 2.23. The van der Waals surface area contributed by atoms with Gasteiger partial charge in [0.05, 0.1) is 4.11 Å². The summed E-state index contributed by atoms with van der Waals surface area (Å²) in [7, 11) is 0. The van der Waals surface area contributed by atoms with Gasteiger partial charge in [-0.25, -0.2) is 0 Å². The standard InChI is InChI=1S/C9H12OS/c1-3-7-6-8(11-2)4-5-9(7)10/h4-6,10H,3H2,1-2H3/i4D,5D,6D. The minimum atomic E-state index is -0.222. The lowest BCUT2D eigenvalue weighted by Gasteiger charge is -2.02. The van der Waals surface area contributed by atoms with Gasteiger partial charge in [-0.15, -0.1) is 11.8 Å². The second-order valence-corrected chi connectivity index (χ2v) is 2.91. The highest BCUT2D eigenvalue weighted by molar-refractivity contribution is 7.98. The minimum Gasteiger partial charge on any atom is -0.508 e. The zero-order valence-electron chi connectivity index (χ0n) is 9.56. The fraction of sp³-hybridized carbons (Fsp3) is 0.333. The number of hydrogen-bond donors (Lipinski definition) is 1. The maximum atomic E-state index is 9.54. The van der Waals surface area contributed by atoms with Gasteiger partial charge >= 0.3 is 0 Å². The number of phenols is 1. The SMILES string of the molecule is [2H]c1c([2H])c(SC)c([2H])c(CC)c1O. The third-order valence-corrected chi connectivity index (χ3v) is 2.01. The molecule has 0 aliphatic rings. The molecule has 1 aromatic rings. The number of hydrogen-bond acceptors (Lipinski definition) is 2. The molecule has 0 heterocycles. The third-order valence-electron chi connectivity index (χ3n) is 1.40. The van der Waals surface area contributed by atoms with Crippen LogP contribution in [0.25, 0.3) is 0 Å². The second kappa shape index (κ2) is 3.67. The molecular weight excluding hydrogens is 156 g/mol. The van der Waals surface area contributed by atoms with E-state index in [9.17, 15) is 5.11 Å². The molecule has 0 amide bonds. The van der Waals surface area contributed by atoms with Crippen molar-refractivity contribution in [1.29, 1.82) is 0 Å². The van der Waals surface area contributed by atoms with Crippen molar-refractivity contribution in [3.05, 3.63) is 23.7 Å². The maximum Gasteiger partial charge on any atom is 0.118 e. The van der Waals surface area contributed by atoms with Crippen molar-refractivity contribution < 1.29 is 9.22 Å². The summed E-state index contributed by atoms with van der Waals surface area (Å²) in [6, 6.07) is -0.0575. The Morgan fingerprint density at radius 3 is 2.91 bits per heavy atom. The fourth-order valence-electron chi connectivity index (χ4n) is 0.777. The van der Waals surface area contributed by atoms with Crippen LogP contribution in [0.4, 0.5) is 0 Å². The molecule has 1 aromatic carbocycles. The summed E-state index contributed by atoms with van der Waals surface area (Å²) in [5.41, 5.74) is 0.454. The normalized spacial score (nSPS) is 13.8. The van der Waals surface area contributed by atoms with E-state index in [4.69, 9.17) is 4.11 Å². The smallest absolute Gasteiger partial charge is 0.118 e. The van der Waals surface area contributed by atoms with Gasteiger partial charge in [0.15, 0.2) is 0 Å². The Hall–Kier alpha value is -0.630. The first-order chi connectivity index (χ1) is 6.54. The van der Waals surface area contributed by atoms with Gasteiger partial charge in [0, 0.05) is 4.90 Å². The van der Waals surface area contributed by atoms with E-state index in [-0.39, 0.29) is 23.9 Å². The van der Waals surface area contributed by atoms with E-state index in [2.05, 4.69) is 0 Å². The van der Waals surface area contributed by atoms with Crippen LogP contribution in [0.15, 0.2) is 23.0 Å². The van der Waals surface area contributed by atoms with Gasteiger partial charge in [0.25, 0.3) is 0 Å². The summed E-state index contributed by atoms with van der Waals surface area (Å²) in [5, 5.41) is 9.54. The molecule has 0 saturated carbocycles. The lowest BCUT2D eigenvalue weighted by molar-refractivity contribution is 0.468. The zero-order chi connectivity index (χ0) is 10.9. The summed E-state index contributed by atoms with van der Waals surface area (Å²) >= 11 is 1.27. The van der Waals surface area contributed by atoms with E-state index in [1.54, 1.807) is 6.26 Å². The van der Waals surface area contributed by atoms with E-state index in [1.807, 2.05) is 6.92 Å². The Balaban J connectivity index is 3.56. The molecule has 0 bridgehead atoms. The largest absolute Gasteiger partial charge is 0.508 e. The van der Waals surface area contributed by atoms with E-state index in [1.165, 1.54) is 11.8 Å². The quantitative estimate of drug-likeness (QED) is 0.690. The van der Waals surface area contributed by atoms with Gasteiger partial charge in [0.1, 0.15) is 5.75 Å². The zero-order valence-corrected chi connectivity index (χ0v) is 7.38. The van der Waals surface area contributed by atoms with Crippen LogP contribution < -0.4 is 0 Å². The Morgan fingerprint density at radius 2 is 2.36 bits per heavy atom. The topological polar surface area (TPSA) is 20.2 Å². The first-order valence-corrected chi connectivity index (χ1v) is 4.62. The van der Waals surface area contributed by atoms with Crippen molar-refractivity contribution in [3.63, 3.8) is 0 Å². The van der Waals surface area contributed by atoms with Crippen molar-refractivity contribution in [3.8, 4) is 5.75 Å². The molecular formula is C9H12OS. The Labute approximate surface area is 75.7 Å². The molecule has 0 fully saturated rings. The molecule has 0 saturated heterocycles. The fourth-order valence-corrected chi connectivity index (χ4v) is 1.16. The molecule has 1 N–H and O–H groups in total. The minimum absolute atomic E-state index is 0.0581. The lowest BCUT2D eigenvalue weighted by atomic mass is 10.1. The van der Waals surface area contributed by atoms with Crippen LogP contribution in [-0.4, -0.2) is 11.4 Å². The third kappa shape index (κ3) is 1.90. The van der Waals surface area contributed by atoms with Crippen LogP contribution in [-0.2, 0) is 6.42 Å². The van der Waals surface area contributed by atoms with E-state index in [0.29, 0.717) is 16.9 Å². The number of benzene rings is 1. The van der Waals surface area contributed by atoms with Crippen LogP contribution in [0.2, 0.25) is 0 Å². The Bertz CT molecular complexity index is 335. The number of aromatic hydroxyl groups is 1. The molecule has 11 heavy (non-hydrogen) atoms. The first-order valence-electron chi connectivity index (χ1n) is 4.90. The number of phenolic OH excluding ortho intramolecular Hbond substituents is 1. The van der Waals surface area contributed by atoms with Crippen LogP contribution in [0, 0.1) is 0 Å². The molecule has 0 radical (unpaired) electrons. The number of thioether (sulfide) groups is 1. The van der Waals surface area contributed by atoms with Crippen molar-refractivity contribution in [2.24, 2.45) is 0 Å². The van der Waals surface area contributed by atoms with Crippen LogP contribution in [0.5, 0.6) is 5.75 Å². The first kappa shape index (κ1) is 5.09. The van der Waals surface area contributed by atoms with Crippen molar-refractivity contribution in [2.75, 3.05) is 6.26 Å². The van der Waals surface area contributed by atoms with Gasteiger partial charge in [0.2, 0.25) is 0 Å². The molecule has 0 aromatic heterocycles. The Morgan fingerprint density at radius 1 is 1.64 bits per heavy atom. The van der Waals surface area contributed by atoms with Gasteiger partial charge in [-0.2, -0.15) is 0 Å². The molecule has 1 nitrogen and oxygen atoms in total. The highest BCUT2D eigenvalue weighted by atomic mass is 32.2. The monoisotopic (exact) mass is 171 g/mol. The van der Waals surface area contributed by atoms with Crippen LogP contribution in [0.3, 0.4) is 0 Å². The van der Waals surface area contributed by atoms with Crippen molar-refractivity contribution >= 4 is 11.8 Å². The average Bonchev–Trinajstić information content (AvgIpc) is 2.16. The van der Waals surface area contributed by atoms with E-state index < -0.39 is 0 Å². The summed E-state index contributed by atoms with van der Waals surface area (Å²) in [6.07, 6.45) is 2.27. The Kier molecular flexibility index (Phi) is 1.70. The van der Waals surface area contributed by atoms with Crippen LogP contribution >= 0.6 is 11.8 Å². The van der Waals surface area contributed by atoms with Crippen molar-refractivity contribution in [2.45, 2.75) is 18.2 Å². The summed E-state index contributed by atoms with van der Waals surface area (Å²) < 4.78 is 22.8. The molecule has 2 heteroatoms. The molecule has 60 valence electrons. The predicted octanol–water partition coefficient (Wildman–Crippen LogP) is 2.68. The second-order valence-electron chi connectivity index (χ2n) is 2.09. The number of rotatable bonds is 2. The maximum absolute atomic E-state index is 9.54. The van der Waals surface area contributed by atoms with Crippen molar-refractivity contribution in [1.82, 2.24) is 0 Å². The molecule has 0 aliphatic heterocycles. The lowest BCUT2D eigenvalue weighted by Crippen LogP contribution is -1.81. The molecule has 0 atom stereocenters. The molecule has 0 spiro atoms. The summed E-state index contributed by atoms with van der Waals surface area (Å²) in [5.74, 6) is -0.222. The predicted molar refractivity (Wildman–Crippen MR) is 49.3 cm³/mol. The summed E-state index contributed by atoms with van der Waals surface area (Å²) in [6.45, 7) is 1.82.